The van der Waals surface area contributed by atoms with Gasteiger partial charge in [-0.05, 0) is 84.1 Å². The molecule has 2 aliphatic carbocycles. The molecule has 13 rings (SSSR count). The first-order valence-corrected chi connectivity index (χ1v) is 21.1. The summed E-state index contributed by atoms with van der Waals surface area (Å²) in [5.74, 6) is 0.658. The van der Waals surface area contributed by atoms with E-state index in [1.54, 1.807) is 0 Å². The van der Waals surface area contributed by atoms with Crippen LogP contribution >= 0.6 is 0 Å². The molecule has 0 atom stereocenters. The van der Waals surface area contributed by atoms with Crippen LogP contribution in [0.25, 0.3) is 71.7 Å². The van der Waals surface area contributed by atoms with Crippen LogP contribution in [0.2, 0.25) is 0 Å². The largest absolute Gasteiger partial charge is 0.278 e. The Labute approximate surface area is 354 Å². The van der Waals surface area contributed by atoms with Crippen molar-refractivity contribution in [1.82, 2.24) is 4.57 Å². The number of aromatic nitrogens is 1. The van der Waals surface area contributed by atoms with Gasteiger partial charge in [0.05, 0.1) is 27.9 Å². The number of rotatable bonds is 3. The van der Waals surface area contributed by atoms with Crippen molar-refractivity contribution in [2.24, 2.45) is 9.98 Å². The fraction of sp³-hybridized carbons (Fsp3) is 0.0345. The Morgan fingerprint density at radius 2 is 1.00 bits per heavy atom. The van der Waals surface area contributed by atoms with Gasteiger partial charge in [0, 0.05) is 22.8 Å². The molecule has 1 spiro atoms. The summed E-state index contributed by atoms with van der Waals surface area (Å²) in [6, 6.07) is 75.3. The molecule has 2 heterocycles. The maximum atomic E-state index is 5.65. The van der Waals surface area contributed by atoms with Gasteiger partial charge in [-0.25, -0.2) is 9.98 Å². The van der Waals surface area contributed by atoms with Crippen molar-refractivity contribution in [3.05, 3.63) is 246 Å². The Morgan fingerprint density at radius 1 is 0.426 bits per heavy atom. The molecule has 0 saturated heterocycles. The highest BCUT2D eigenvalue weighted by Gasteiger charge is 2.54. The summed E-state index contributed by atoms with van der Waals surface area (Å²) in [6.07, 6.45) is 2.89. The van der Waals surface area contributed by atoms with Crippen LogP contribution in [0.4, 0.5) is 0 Å². The van der Waals surface area contributed by atoms with Crippen molar-refractivity contribution in [3.8, 4) is 33.4 Å². The second-order valence-electron chi connectivity index (χ2n) is 16.3. The highest BCUT2D eigenvalue weighted by Crippen LogP contribution is 2.66. The smallest absolute Gasteiger partial charge is 0.235 e. The van der Waals surface area contributed by atoms with Crippen molar-refractivity contribution < 1.29 is 0 Å². The zero-order chi connectivity index (χ0) is 40.1. The molecule has 61 heavy (non-hydrogen) atoms. The fourth-order valence-corrected chi connectivity index (χ4v) is 10.8. The monoisotopic (exact) mass is 775 g/mol. The SMILES string of the molecule is C1=C(c2ccccc2)N=C(n2c3ccccc3c3c4ccccc4c4c(c32)C2(c3ccccc3-c3ccccc32)c2cc(-c3ccccc3)ccc2-4)N=C(c2ccccc2)C1. The number of hydrogen-bond acceptors (Lipinski definition) is 2. The molecule has 0 amide bonds. The van der Waals surface area contributed by atoms with Gasteiger partial charge in [0.25, 0.3) is 0 Å². The summed E-state index contributed by atoms with van der Waals surface area (Å²) in [6.45, 7) is 0. The van der Waals surface area contributed by atoms with E-state index in [-0.39, 0.29) is 0 Å². The Kier molecular flexibility index (Phi) is 7.29. The van der Waals surface area contributed by atoms with Crippen LogP contribution in [0.1, 0.15) is 39.8 Å². The Hall–Kier alpha value is -7.88. The number of benzene rings is 9. The van der Waals surface area contributed by atoms with Crippen LogP contribution in [0.3, 0.4) is 0 Å². The van der Waals surface area contributed by atoms with E-state index in [2.05, 4.69) is 217 Å². The van der Waals surface area contributed by atoms with E-state index < -0.39 is 5.41 Å². The van der Waals surface area contributed by atoms with Crippen molar-refractivity contribution in [2.75, 3.05) is 0 Å². The zero-order valence-electron chi connectivity index (χ0n) is 33.3. The van der Waals surface area contributed by atoms with Crippen LogP contribution in [-0.2, 0) is 5.41 Å². The average Bonchev–Trinajstić information content (AvgIpc) is 3.87. The Bertz CT molecular complexity index is 3490. The van der Waals surface area contributed by atoms with Gasteiger partial charge in [-0.2, -0.15) is 0 Å². The van der Waals surface area contributed by atoms with Gasteiger partial charge in [0.2, 0.25) is 5.96 Å². The lowest BCUT2D eigenvalue weighted by atomic mass is 9.69. The molecule has 1 aliphatic heterocycles. The van der Waals surface area contributed by atoms with Crippen molar-refractivity contribution in [1.29, 1.82) is 0 Å². The van der Waals surface area contributed by atoms with Gasteiger partial charge < -0.3 is 0 Å². The van der Waals surface area contributed by atoms with E-state index >= 15 is 0 Å². The van der Waals surface area contributed by atoms with Gasteiger partial charge in [-0.3, -0.25) is 4.57 Å². The summed E-state index contributed by atoms with van der Waals surface area (Å²) in [4.78, 5) is 11.3. The molecule has 1 aromatic heterocycles. The molecule has 3 aliphatic rings. The molecule has 0 radical (unpaired) electrons. The standard InChI is InChI=1S/C58H37N3/c1-4-18-37(19-5-1)40-32-33-45-49(36-40)58(47-29-15-12-24-41(47)42-25-13-16-30-48(42)58)55-53(45)43-26-10-11-27-44(43)54-46-28-14-17-31-52(46)61(56(54)55)57-59-50(38-20-6-2-7-21-38)34-35-51(60-57)39-22-8-3-9-23-39/h1-34,36H,35H2. The molecule has 0 unspecified atom stereocenters. The minimum atomic E-state index is -0.646. The lowest BCUT2D eigenvalue weighted by Crippen LogP contribution is -2.27. The molecule has 10 aromatic rings. The summed E-state index contributed by atoms with van der Waals surface area (Å²) in [7, 11) is 0. The zero-order valence-corrected chi connectivity index (χ0v) is 33.3. The van der Waals surface area contributed by atoms with Gasteiger partial charge in [0.1, 0.15) is 0 Å². The maximum absolute atomic E-state index is 5.65. The first-order valence-electron chi connectivity index (χ1n) is 21.1. The third-order valence-corrected chi connectivity index (χ3v) is 13.3. The second-order valence-corrected chi connectivity index (χ2v) is 16.3. The van der Waals surface area contributed by atoms with E-state index in [9.17, 15) is 0 Å². The normalized spacial score (nSPS) is 14.6. The highest BCUT2D eigenvalue weighted by molar-refractivity contribution is 6.30. The molecule has 0 N–H and O–H groups in total. The third kappa shape index (κ3) is 4.74. The van der Waals surface area contributed by atoms with Crippen LogP contribution in [0, 0.1) is 0 Å². The van der Waals surface area contributed by atoms with Gasteiger partial charge >= 0.3 is 0 Å². The Morgan fingerprint density at radius 3 is 1.70 bits per heavy atom. The lowest BCUT2D eigenvalue weighted by Gasteiger charge is -2.32. The second kappa shape index (κ2) is 13.1. The van der Waals surface area contributed by atoms with Crippen LogP contribution < -0.4 is 0 Å². The summed E-state index contributed by atoms with van der Waals surface area (Å²) < 4.78 is 2.41. The first-order chi connectivity index (χ1) is 30.3. The summed E-state index contributed by atoms with van der Waals surface area (Å²) >= 11 is 0. The predicted molar refractivity (Wildman–Crippen MR) is 254 cm³/mol. The minimum absolute atomic E-state index is 0.646. The van der Waals surface area contributed by atoms with E-state index in [1.165, 1.54) is 77.2 Å². The summed E-state index contributed by atoms with van der Waals surface area (Å²) in [5.41, 5.74) is 18.3. The lowest BCUT2D eigenvalue weighted by molar-refractivity contribution is 0.798. The third-order valence-electron chi connectivity index (χ3n) is 13.3. The van der Waals surface area contributed by atoms with Crippen molar-refractivity contribution >= 4 is 49.9 Å². The number of para-hydroxylation sites is 1. The molecular weight excluding hydrogens is 739 g/mol. The van der Waals surface area contributed by atoms with Crippen LogP contribution in [-0.4, -0.2) is 16.2 Å². The Balaban J connectivity index is 1.25. The van der Waals surface area contributed by atoms with Gasteiger partial charge in [-0.15, -0.1) is 0 Å². The number of hydrogen-bond donors (Lipinski definition) is 0. The van der Waals surface area contributed by atoms with Gasteiger partial charge in [-0.1, -0.05) is 200 Å². The number of allylic oxidation sites excluding steroid dienone is 1. The highest BCUT2D eigenvalue weighted by atomic mass is 15.2. The predicted octanol–water partition coefficient (Wildman–Crippen LogP) is 14.1. The van der Waals surface area contributed by atoms with E-state index in [0.717, 1.165) is 33.6 Å². The molecule has 0 fully saturated rings. The number of aliphatic imine (C=N–C) groups is 2. The van der Waals surface area contributed by atoms with Crippen LogP contribution in [0.5, 0.6) is 0 Å². The first kappa shape index (κ1) is 34.0. The molecule has 9 aromatic carbocycles. The number of nitrogens with zero attached hydrogens (tertiary/aromatic N) is 3. The van der Waals surface area contributed by atoms with Crippen LogP contribution in [0.15, 0.2) is 222 Å². The average molecular weight is 776 g/mol. The summed E-state index contributed by atoms with van der Waals surface area (Å²) in [5, 5.41) is 4.87. The molecular formula is C58H37N3. The fourth-order valence-electron chi connectivity index (χ4n) is 10.8. The maximum Gasteiger partial charge on any atom is 0.235 e. The van der Waals surface area contributed by atoms with E-state index in [4.69, 9.17) is 9.98 Å². The van der Waals surface area contributed by atoms with E-state index in [1.807, 2.05) is 0 Å². The van der Waals surface area contributed by atoms with Gasteiger partial charge in [0.15, 0.2) is 0 Å². The van der Waals surface area contributed by atoms with E-state index in [0.29, 0.717) is 12.4 Å². The molecule has 3 nitrogen and oxygen atoms in total. The minimum Gasteiger partial charge on any atom is -0.278 e. The molecule has 0 saturated carbocycles. The quantitative estimate of drug-likeness (QED) is 0.171. The van der Waals surface area contributed by atoms with Crippen molar-refractivity contribution in [3.63, 3.8) is 0 Å². The topological polar surface area (TPSA) is 29.6 Å². The molecule has 0 bridgehead atoms. The molecule has 284 valence electrons. The van der Waals surface area contributed by atoms with Crippen molar-refractivity contribution in [2.45, 2.75) is 11.8 Å². The number of fused-ring (bicyclic) bond motifs is 17. The molecule has 3 heteroatoms.